The number of nitrogens with zero attached hydrogens (tertiary/aromatic N) is 3. The maximum atomic E-state index is 12.5. The molecule has 0 bridgehead atoms. The van der Waals surface area contributed by atoms with Gasteiger partial charge in [-0.15, -0.1) is 10.2 Å². The largest absolute Gasteiger partial charge is 0.497 e. The van der Waals surface area contributed by atoms with Crippen molar-refractivity contribution in [3.05, 3.63) is 34.3 Å². The van der Waals surface area contributed by atoms with Crippen molar-refractivity contribution in [3.63, 3.8) is 0 Å². The molecule has 0 spiro atoms. The van der Waals surface area contributed by atoms with Gasteiger partial charge in [0.2, 0.25) is 5.01 Å². The van der Waals surface area contributed by atoms with Crippen LogP contribution in [0.3, 0.4) is 0 Å². The Balaban J connectivity index is 1.59. The number of aromatic nitrogens is 2. The van der Waals surface area contributed by atoms with Crippen molar-refractivity contribution in [2.75, 3.05) is 32.1 Å². The number of rotatable bonds is 6. The van der Waals surface area contributed by atoms with Crippen molar-refractivity contribution in [2.24, 2.45) is 5.92 Å². The molecule has 29 heavy (non-hydrogen) atoms. The quantitative estimate of drug-likeness (QED) is 0.751. The summed E-state index contributed by atoms with van der Waals surface area (Å²) in [7, 11) is 1.59. The molecular weight excluding hydrogens is 390 g/mol. The molecule has 2 heterocycles. The van der Waals surface area contributed by atoms with Crippen molar-refractivity contribution >= 4 is 29.0 Å². The van der Waals surface area contributed by atoms with Crippen molar-refractivity contribution in [1.29, 1.82) is 0 Å². The summed E-state index contributed by atoms with van der Waals surface area (Å²) >= 11 is 1.29. The van der Waals surface area contributed by atoms with Gasteiger partial charge in [-0.2, -0.15) is 0 Å². The summed E-state index contributed by atoms with van der Waals surface area (Å²) in [6.07, 6.45) is 1.84. The number of nitrogens with one attached hydrogen (secondary N) is 2. The van der Waals surface area contributed by atoms with Crippen molar-refractivity contribution in [2.45, 2.75) is 32.6 Å². The molecule has 0 unspecified atom stereocenters. The minimum atomic E-state index is -0.291. The molecule has 1 saturated heterocycles. The molecule has 8 nitrogen and oxygen atoms in total. The van der Waals surface area contributed by atoms with Gasteiger partial charge in [-0.25, -0.2) is 4.79 Å². The van der Waals surface area contributed by atoms with E-state index in [4.69, 9.17) is 4.74 Å². The van der Waals surface area contributed by atoms with Crippen LogP contribution >= 0.6 is 11.3 Å². The van der Waals surface area contributed by atoms with Gasteiger partial charge < -0.3 is 20.3 Å². The molecule has 0 aliphatic carbocycles. The number of ether oxygens (including phenoxy) is 1. The van der Waals surface area contributed by atoms with Crippen LogP contribution in [-0.2, 0) is 0 Å². The van der Waals surface area contributed by atoms with Gasteiger partial charge in [-0.1, -0.05) is 25.2 Å². The zero-order chi connectivity index (χ0) is 20.8. The molecule has 1 atom stereocenters. The number of hydrogen-bond acceptors (Lipinski definition) is 6. The van der Waals surface area contributed by atoms with Gasteiger partial charge in [0.05, 0.1) is 7.11 Å². The SMILES string of the molecule is COc1ccc(NC(=O)c2nnc([C@@H]3CCCN(C(=O)NCC(C)C)C3)s2)cc1. The van der Waals surface area contributed by atoms with E-state index < -0.39 is 0 Å². The third-order valence-corrected chi connectivity index (χ3v) is 5.79. The Morgan fingerprint density at radius 1 is 1.28 bits per heavy atom. The van der Waals surface area contributed by atoms with Crippen molar-refractivity contribution in [3.8, 4) is 5.75 Å². The van der Waals surface area contributed by atoms with E-state index in [1.807, 2.05) is 4.90 Å². The number of likely N-dealkylation sites (tertiary alicyclic amines) is 1. The molecular formula is C20H27N5O3S. The lowest BCUT2D eigenvalue weighted by Crippen LogP contribution is -2.45. The molecule has 3 amide bonds. The van der Waals surface area contributed by atoms with Gasteiger partial charge >= 0.3 is 6.03 Å². The van der Waals surface area contributed by atoms with E-state index in [9.17, 15) is 9.59 Å². The number of methoxy groups -OCH3 is 1. The summed E-state index contributed by atoms with van der Waals surface area (Å²) in [4.78, 5) is 26.7. The highest BCUT2D eigenvalue weighted by Crippen LogP contribution is 2.29. The highest BCUT2D eigenvalue weighted by molar-refractivity contribution is 7.13. The summed E-state index contributed by atoms with van der Waals surface area (Å²) in [6.45, 7) is 6.13. The zero-order valence-electron chi connectivity index (χ0n) is 17.0. The lowest BCUT2D eigenvalue weighted by atomic mass is 9.99. The van der Waals surface area contributed by atoms with Crippen LogP contribution in [0.5, 0.6) is 5.75 Å². The van der Waals surface area contributed by atoms with Crippen LogP contribution < -0.4 is 15.4 Å². The van der Waals surface area contributed by atoms with Crippen LogP contribution in [0.25, 0.3) is 0 Å². The number of anilines is 1. The van der Waals surface area contributed by atoms with E-state index >= 15 is 0 Å². The third-order valence-electron chi connectivity index (χ3n) is 4.70. The molecule has 0 radical (unpaired) electrons. The summed E-state index contributed by atoms with van der Waals surface area (Å²) in [6, 6.07) is 7.07. The predicted octanol–water partition coefficient (Wildman–Crippen LogP) is 3.34. The maximum Gasteiger partial charge on any atom is 0.317 e. The number of amides is 3. The number of carbonyl (C=O) groups excluding carboxylic acids is 2. The average Bonchev–Trinajstić information content (AvgIpc) is 3.23. The van der Waals surface area contributed by atoms with Crippen LogP contribution in [0, 0.1) is 5.92 Å². The Morgan fingerprint density at radius 2 is 2.03 bits per heavy atom. The number of hydrogen-bond donors (Lipinski definition) is 2. The second kappa shape index (κ2) is 9.69. The smallest absolute Gasteiger partial charge is 0.317 e. The van der Waals surface area contributed by atoms with Gasteiger partial charge in [0, 0.05) is 31.2 Å². The Labute approximate surface area is 174 Å². The molecule has 0 saturated carbocycles. The van der Waals surface area contributed by atoms with Crippen molar-refractivity contribution in [1.82, 2.24) is 20.4 Å². The lowest BCUT2D eigenvalue weighted by molar-refractivity contribution is 0.102. The summed E-state index contributed by atoms with van der Waals surface area (Å²) in [5, 5.41) is 15.2. The van der Waals surface area contributed by atoms with E-state index in [-0.39, 0.29) is 17.9 Å². The highest BCUT2D eigenvalue weighted by Gasteiger charge is 2.28. The summed E-state index contributed by atoms with van der Waals surface area (Å²) in [5.74, 6) is 0.949. The minimum Gasteiger partial charge on any atom is -0.497 e. The molecule has 9 heteroatoms. The molecule has 3 rings (SSSR count). The lowest BCUT2D eigenvalue weighted by Gasteiger charge is -2.31. The monoisotopic (exact) mass is 417 g/mol. The standard InChI is InChI=1S/C20H27N5O3S/c1-13(2)11-21-20(27)25-10-4-5-14(12-25)18-23-24-19(29-18)17(26)22-15-6-8-16(28-3)9-7-15/h6-9,13-14H,4-5,10-12H2,1-3H3,(H,21,27)(H,22,26)/t14-/m1/s1. The minimum absolute atomic E-state index is 0.0367. The highest BCUT2D eigenvalue weighted by atomic mass is 32.1. The van der Waals surface area contributed by atoms with Gasteiger partial charge in [-0.05, 0) is 43.0 Å². The number of piperidine rings is 1. The van der Waals surface area contributed by atoms with Crippen LogP contribution in [0.4, 0.5) is 10.5 Å². The fourth-order valence-corrected chi connectivity index (χ4v) is 3.98. The summed E-state index contributed by atoms with van der Waals surface area (Å²) in [5.41, 5.74) is 0.665. The van der Waals surface area contributed by atoms with Gasteiger partial charge in [0.25, 0.3) is 5.91 Å². The third kappa shape index (κ3) is 5.66. The molecule has 2 aromatic rings. The molecule has 1 fully saturated rings. The Kier molecular flexibility index (Phi) is 7.03. The first-order valence-corrected chi connectivity index (χ1v) is 10.6. The van der Waals surface area contributed by atoms with Crippen LogP contribution in [0.15, 0.2) is 24.3 Å². The summed E-state index contributed by atoms with van der Waals surface area (Å²) < 4.78 is 5.12. The van der Waals surface area contributed by atoms with Crippen molar-refractivity contribution < 1.29 is 14.3 Å². The Bertz CT molecular complexity index is 837. The van der Waals surface area contributed by atoms with Gasteiger partial charge in [0.1, 0.15) is 10.8 Å². The Morgan fingerprint density at radius 3 is 2.72 bits per heavy atom. The van der Waals surface area contributed by atoms with E-state index in [0.29, 0.717) is 29.7 Å². The maximum absolute atomic E-state index is 12.5. The first-order valence-electron chi connectivity index (χ1n) is 9.78. The van der Waals surface area contributed by atoms with E-state index in [1.165, 1.54) is 11.3 Å². The van der Waals surface area contributed by atoms with E-state index in [2.05, 4.69) is 34.7 Å². The topological polar surface area (TPSA) is 96.4 Å². The van der Waals surface area contributed by atoms with E-state index in [0.717, 1.165) is 30.1 Å². The molecule has 1 aromatic heterocycles. The number of carbonyl (C=O) groups is 2. The van der Waals surface area contributed by atoms with Crippen LogP contribution in [0.1, 0.15) is 47.4 Å². The van der Waals surface area contributed by atoms with Gasteiger partial charge in [-0.3, -0.25) is 4.79 Å². The second-order valence-corrected chi connectivity index (χ2v) is 8.50. The fourth-order valence-electron chi connectivity index (χ4n) is 3.12. The Hall–Kier alpha value is -2.68. The molecule has 1 aromatic carbocycles. The zero-order valence-corrected chi connectivity index (χ0v) is 17.8. The number of benzene rings is 1. The predicted molar refractivity (Wildman–Crippen MR) is 113 cm³/mol. The first kappa shape index (κ1) is 21.0. The second-order valence-electron chi connectivity index (χ2n) is 7.49. The van der Waals surface area contributed by atoms with Crippen LogP contribution in [-0.4, -0.2) is 53.8 Å². The molecule has 156 valence electrons. The normalized spacial score (nSPS) is 16.6. The average molecular weight is 418 g/mol. The van der Waals surface area contributed by atoms with Crippen LogP contribution in [0.2, 0.25) is 0 Å². The number of urea groups is 1. The molecule has 1 aliphatic rings. The first-order chi connectivity index (χ1) is 14.0. The molecule has 2 N–H and O–H groups in total. The fraction of sp³-hybridized carbons (Fsp3) is 0.500. The van der Waals surface area contributed by atoms with Gasteiger partial charge in [0.15, 0.2) is 0 Å². The molecule has 1 aliphatic heterocycles. The van der Waals surface area contributed by atoms with E-state index in [1.54, 1.807) is 31.4 Å².